The summed E-state index contributed by atoms with van der Waals surface area (Å²) in [7, 11) is 0. The molecule has 4 nitrogen and oxygen atoms in total. The Hall–Kier alpha value is -1.88. The van der Waals surface area contributed by atoms with Crippen LogP contribution in [0.2, 0.25) is 0 Å². The van der Waals surface area contributed by atoms with Crippen molar-refractivity contribution in [2.75, 3.05) is 11.9 Å². The predicted molar refractivity (Wildman–Crippen MR) is 81.3 cm³/mol. The third-order valence-corrected chi connectivity index (χ3v) is 4.34. The molecule has 1 aromatic carbocycles. The number of aromatic nitrogens is 1. The Morgan fingerprint density at radius 3 is 3.20 bits per heavy atom. The van der Waals surface area contributed by atoms with E-state index >= 15 is 0 Å². The SMILES string of the molecule is Cc1ncc(CNC(=O)c2cccc3c2CCCN3)s1. The maximum atomic E-state index is 12.3. The van der Waals surface area contributed by atoms with E-state index in [4.69, 9.17) is 0 Å². The molecule has 104 valence electrons. The summed E-state index contributed by atoms with van der Waals surface area (Å²) in [6, 6.07) is 5.87. The molecule has 0 aliphatic carbocycles. The van der Waals surface area contributed by atoms with Crippen LogP contribution in [-0.4, -0.2) is 17.4 Å². The zero-order valence-corrected chi connectivity index (χ0v) is 12.2. The van der Waals surface area contributed by atoms with Crippen molar-refractivity contribution in [3.63, 3.8) is 0 Å². The highest BCUT2D eigenvalue weighted by Crippen LogP contribution is 2.25. The molecule has 0 spiro atoms. The monoisotopic (exact) mass is 287 g/mol. The quantitative estimate of drug-likeness (QED) is 0.912. The number of benzene rings is 1. The number of hydrogen-bond donors (Lipinski definition) is 2. The number of rotatable bonds is 3. The van der Waals surface area contributed by atoms with Crippen LogP contribution in [0.15, 0.2) is 24.4 Å². The van der Waals surface area contributed by atoms with E-state index in [-0.39, 0.29) is 5.91 Å². The van der Waals surface area contributed by atoms with Gasteiger partial charge in [0.1, 0.15) is 0 Å². The van der Waals surface area contributed by atoms with E-state index in [2.05, 4.69) is 15.6 Å². The van der Waals surface area contributed by atoms with Gasteiger partial charge in [0.05, 0.1) is 11.6 Å². The molecule has 1 aliphatic rings. The van der Waals surface area contributed by atoms with Crippen molar-refractivity contribution in [1.82, 2.24) is 10.3 Å². The molecule has 2 aromatic rings. The first-order valence-electron chi connectivity index (χ1n) is 6.79. The van der Waals surface area contributed by atoms with Gasteiger partial charge in [0.2, 0.25) is 0 Å². The largest absolute Gasteiger partial charge is 0.385 e. The van der Waals surface area contributed by atoms with Gasteiger partial charge in [-0.25, -0.2) is 4.98 Å². The lowest BCUT2D eigenvalue weighted by molar-refractivity contribution is 0.0950. The van der Waals surface area contributed by atoms with Crippen LogP contribution in [0.5, 0.6) is 0 Å². The van der Waals surface area contributed by atoms with Crippen molar-refractivity contribution in [3.8, 4) is 0 Å². The van der Waals surface area contributed by atoms with E-state index in [1.54, 1.807) is 11.3 Å². The van der Waals surface area contributed by atoms with Crippen LogP contribution < -0.4 is 10.6 Å². The number of fused-ring (bicyclic) bond motifs is 1. The van der Waals surface area contributed by atoms with E-state index in [1.807, 2.05) is 31.3 Å². The zero-order valence-electron chi connectivity index (χ0n) is 11.4. The standard InChI is InChI=1S/C15H17N3OS/c1-10-17-8-11(20-10)9-18-15(19)13-4-2-6-14-12(13)5-3-7-16-14/h2,4,6,8,16H,3,5,7,9H2,1H3,(H,18,19). The fourth-order valence-electron chi connectivity index (χ4n) is 2.47. The van der Waals surface area contributed by atoms with Gasteiger partial charge in [0, 0.05) is 28.9 Å². The molecule has 20 heavy (non-hydrogen) atoms. The van der Waals surface area contributed by atoms with Gasteiger partial charge in [-0.15, -0.1) is 11.3 Å². The maximum Gasteiger partial charge on any atom is 0.251 e. The van der Waals surface area contributed by atoms with Crippen molar-refractivity contribution in [2.45, 2.75) is 26.3 Å². The van der Waals surface area contributed by atoms with Gasteiger partial charge in [0.15, 0.2) is 0 Å². The molecule has 0 bridgehead atoms. The second-order valence-electron chi connectivity index (χ2n) is 4.89. The topological polar surface area (TPSA) is 54.0 Å². The average Bonchev–Trinajstić information content (AvgIpc) is 2.90. The van der Waals surface area contributed by atoms with E-state index in [9.17, 15) is 4.79 Å². The second-order valence-corrected chi connectivity index (χ2v) is 6.21. The molecule has 0 atom stereocenters. The number of nitrogens with one attached hydrogen (secondary N) is 2. The van der Waals surface area contributed by atoms with Gasteiger partial charge in [-0.1, -0.05) is 6.07 Å². The Bertz CT molecular complexity index is 636. The van der Waals surface area contributed by atoms with Crippen molar-refractivity contribution >= 4 is 22.9 Å². The Labute approximate surface area is 122 Å². The highest BCUT2D eigenvalue weighted by Gasteiger charge is 2.17. The average molecular weight is 287 g/mol. The van der Waals surface area contributed by atoms with Crippen LogP contribution in [0.3, 0.4) is 0 Å². The van der Waals surface area contributed by atoms with Crippen molar-refractivity contribution < 1.29 is 4.79 Å². The first-order valence-corrected chi connectivity index (χ1v) is 7.61. The van der Waals surface area contributed by atoms with Gasteiger partial charge in [0.25, 0.3) is 5.91 Å². The highest BCUT2D eigenvalue weighted by molar-refractivity contribution is 7.11. The molecule has 1 aromatic heterocycles. The van der Waals surface area contributed by atoms with Gasteiger partial charge < -0.3 is 10.6 Å². The van der Waals surface area contributed by atoms with E-state index < -0.39 is 0 Å². The highest BCUT2D eigenvalue weighted by atomic mass is 32.1. The van der Waals surface area contributed by atoms with Gasteiger partial charge in [-0.05, 0) is 37.5 Å². The summed E-state index contributed by atoms with van der Waals surface area (Å²) < 4.78 is 0. The third-order valence-electron chi connectivity index (χ3n) is 3.43. The first kappa shape index (κ1) is 13.1. The first-order chi connectivity index (χ1) is 9.74. The molecule has 0 saturated heterocycles. The van der Waals surface area contributed by atoms with E-state index in [1.165, 1.54) is 0 Å². The zero-order chi connectivity index (χ0) is 13.9. The number of amides is 1. The minimum atomic E-state index is -0.00315. The normalized spacial score (nSPS) is 13.4. The minimum Gasteiger partial charge on any atom is -0.385 e. The summed E-state index contributed by atoms with van der Waals surface area (Å²) in [6.45, 7) is 3.49. The Balaban J connectivity index is 1.74. The van der Waals surface area contributed by atoms with E-state index in [0.29, 0.717) is 6.54 Å². The summed E-state index contributed by atoms with van der Waals surface area (Å²) in [6.07, 6.45) is 3.86. The molecular formula is C15H17N3OS. The number of carbonyl (C=O) groups excluding carboxylic acids is 1. The number of nitrogens with zero attached hydrogens (tertiary/aromatic N) is 1. The Morgan fingerprint density at radius 2 is 2.40 bits per heavy atom. The molecule has 0 unspecified atom stereocenters. The summed E-state index contributed by atoms with van der Waals surface area (Å²) in [4.78, 5) is 17.6. The summed E-state index contributed by atoms with van der Waals surface area (Å²) >= 11 is 1.62. The predicted octanol–water partition coefficient (Wildman–Crippen LogP) is 2.74. The summed E-state index contributed by atoms with van der Waals surface area (Å²) in [5.74, 6) is -0.00315. The van der Waals surface area contributed by atoms with Crippen LogP contribution >= 0.6 is 11.3 Å². The molecule has 2 N–H and O–H groups in total. The fourth-order valence-corrected chi connectivity index (χ4v) is 3.21. The number of thiazole rings is 1. The molecule has 1 amide bonds. The van der Waals surface area contributed by atoms with E-state index in [0.717, 1.165) is 46.1 Å². The number of carbonyl (C=O) groups is 1. The third kappa shape index (κ3) is 2.67. The van der Waals surface area contributed by atoms with Gasteiger partial charge in [-0.2, -0.15) is 0 Å². The van der Waals surface area contributed by atoms with Crippen molar-refractivity contribution in [2.24, 2.45) is 0 Å². The van der Waals surface area contributed by atoms with Gasteiger partial charge in [-0.3, -0.25) is 4.79 Å². The van der Waals surface area contributed by atoms with Crippen molar-refractivity contribution in [3.05, 3.63) is 45.4 Å². The Kier molecular flexibility index (Phi) is 3.69. The summed E-state index contributed by atoms with van der Waals surface area (Å²) in [5.41, 5.74) is 3.02. The van der Waals surface area contributed by atoms with Crippen LogP contribution in [-0.2, 0) is 13.0 Å². The number of hydrogen-bond acceptors (Lipinski definition) is 4. The van der Waals surface area contributed by atoms with Crippen LogP contribution in [0.25, 0.3) is 0 Å². The Morgan fingerprint density at radius 1 is 1.50 bits per heavy atom. The lowest BCUT2D eigenvalue weighted by Gasteiger charge is -2.20. The molecule has 0 radical (unpaired) electrons. The summed E-state index contributed by atoms with van der Waals surface area (Å²) in [5, 5.41) is 7.35. The van der Waals surface area contributed by atoms with Crippen LogP contribution in [0.4, 0.5) is 5.69 Å². The fraction of sp³-hybridized carbons (Fsp3) is 0.333. The molecule has 3 rings (SSSR count). The second kappa shape index (κ2) is 5.63. The maximum absolute atomic E-state index is 12.3. The minimum absolute atomic E-state index is 0.00315. The molecule has 5 heteroatoms. The number of aryl methyl sites for hydroxylation is 1. The smallest absolute Gasteiger partial charge is 0.251 e. The lowest BCUT2D eigenvalue weighted by atomic mass is 9.97. The molecule has 0 saturated carbocycles. The lowest BCUT2D eigenvalue weighted by Crippen LogP contribution is -2.25. The van der Waals surface area contributed by atoms with Gasteiger partial charge >= 0.3 is 0 Å². The van der Waals surface area contributed by atoms with Crippen LogP contribution in [0.1, 0.15) is 32.2 Å². The molecular weight excluding hydrogens is 270 g/mol. The molecule has 0 fully saturated rings. The van der Waals surface area contributed by atoms with Crippen LogP contribution in [0, 0.1) is 6.92 Å². The van der Waals surface area contributed by atoms with Crippen molar-refractivity contribution in [1.29, 1.82) is 0 Å². The number of anilines is 1. The molecule has 2 heterocycles. The molecule has 1 aliphatic heterocycles.